The zero-order chi connectivity index (χ0) is 14.1. The van der Waals surface area contributed by atoms with Crippen LogP contribution in [-0.4, -0.2) is 17.4 Å². The fraction of sp³-hybridized carbons (Fsp3) is 0.571. The Hall–Kier alpha value is -1.13. The minimum Gasteiger partial charge on any atom is -0.330 e. The summed E-state index contributed by atoms with van der Waals surface area (Å²) in [7, 11) is 0. The zero-order valence-corrected chi connectivity index (χ0v) is 12.1. The Morgan fingerprint density at radius 3 is 2.89 bits per heavy atom. The summed E-state index contributed by atoms with van der Waals surface area (Å²) < 4.78 is 0. The average Bonchev–Trinajstić information content (AvgIpc) is 2.36. The van der Waals surface area contributed by atoms with Crippen molar-refractivity contribution < 1.29 is 4.79 Å². The highest BCUT2D eigenvalue weighted by atomic mass is 35.5. The maximum Gasteiger partial charge on any atom is 0.225 e. The molecule has 0 aliphatic heterocycles. The van der Waals surface area contributed by atoms with E-state index >= 15 is 0 Å². The number of carbonyl (C=O) groups is 1. The summed E-state index contributed by atoms with van der Waals surface area (Å²) in [6.45, 7) is 2.83. The van der Waals surface area contributed by atoms with Gasteiger partial charge in [0.25, 0.3) is 0 Å². The van der Waals surface area contributed by atoms with Crippen molar-refractivity contribution in [2.75, 3.05) is 11.9 Å². The number of nitrogens with one attached hydrogen (secondary N) is 1. The van der Waals surface area contributed by atoms with E-state index in [1.165, 1.54) is 0 Å². The molecule has 0 aliphatic carbocycles. The number of rotatable bonds is 8. The molecule has 1 heterocycles. The van der Waals surface area contributed by atoms with Crippen LogP contribution in [0.5, 0.6) is 0 Å². The molecule has 1 rings (SSSR count). The van der Waals surface area contributed by atoms with E-state index in [4.69, 9.17) is 17.3 Å². The van der Waals surface area contributed by atoms with Gasteiger partial charge in [-0.15, -0.1) is 0 Å². The van der Waals surface area contributed by atoms with Crippen molar-refractivity contribution in [2.24, 2.45) is 11.7 Å². The minimum absolute atomic E-state index is 0.0205. The summed E-state index contributed by atoms with van der Waals surface area (Å²) in [5.74, 6) is 1.02. The van der Waals surface area contributed by atoms with Crippen LogP contribution in [0.15, 0.2) is 18.3 Å². The van der Waals surface area contributed by atoms with Gasteiger partial charge in [0.1, 0.15) is 5.82 Å². The molecule has 0 aromatic carbocycles. The maximum atomic E-state index is 11.8. The first kappa shape index (κ1) is 15.9. The van der Waals surface area contributed by atoms with Crippen LogP contribution in [-0.2, 0) is 4.79 Å². The lowest BCUT2D eigenvalue weighted by Crippen LogP contribution is -2.16. The molecule has 0 saturated carbocycles. The largest absolute Gasteiger partial charge is 0.330 e. The SMILES string of the molecule is CCCC(CCN)CCC(=O)Nc1cc(Cl)ccn1. The third-order valence-electron chi connectivity index (χ3n) is 3.04. The Bertz CT molecular complexity index is 392. The molecule has 1 unspecified atom stereocenters. The lowest BCUT2D eigenvalue weighted by Gasteiger charge is -2.14. The molecule has 1 atom stereocenters. The molecular weight excluding hydrogens is 262 g/mol. The topological polar surface area (TPSA) is 68.0 Å². The van der Waals surface area contributed by atoms with Gasteiger partial charge in [0.2, 0.25) is 5.91 Å². The van der Waals surface area contributed by atoms with Crippen LogP contribution in [0.1, 0.15) is 39.0 Å². The summed E-state index contributed by atoms with van der Waals surface area (Å²) in [6.07, 6.45) is 6.18. The van der Waals surface area contributed by atoms with Crippen molar-refractivity contribution in [2.45, 2.75) is 39.0 Å². The highest BCUT2D eigenvalue weighted by molar-refractivity contribution is 6.30. The molecule has 1 aromatic heterocycles. The van der Waals surface area contributed by atoms with Crippen molar-refractivity contribution in [3.05, 3.63) is 23.4 Å². The standard InChI is InChI=1S/C14H22ClN3O/c1-2-3-11(6-8-16)4-5-14(19)18-13-10-12(15)7-9-17-13/h7,9-11H,2-6,8,16H2,1H3,(H,17,18,19). The normalized spacial score (nSPS) is 12.2. The van der Waals surface area contributed by atoms with Crippen LogP contribution < -0.4 is 11.1 Å². The first-order valence-electron chi connectivity index (χ1n) is 6.77. The smallest absolute Gasteiger partial charge is 0.225 e. The number of nitrogens with two attached hydrogens (primary N) is 1. The molecule has 5 heteroatoms. The molecule has 0 aliphatic rings. The fourth-order valence-electron chi connectivity index (χ4n) is 2.09. The maximum absolute atomic E-state index is 11.8. The van der Waals surface area contributed by atoms with E-state index in [1.807, 2.05) is 0 Å². The van der Waals surface area contributed by atoms with E-state index in [1.54, 1.807) is 18.3 Å². The molecule has 0 spiro atoms. The summed E-state index contributed by atoms with van der Waals surface area (Å²) in [6, 6.07) is 3.32. The van der Waals surface area contributed by atoms with E-state index in [-0.39, 0.29) is 5.91 Å². The van der Waals surface area contributed by atoms with Crippen LogP contribution in [0.2, 0.25) is 5.02 Å². The number of hydrogen-bond acceptors (Lipinski definition) is 3. The number of anilines is 1. The molecule has 0 saturated heterocycles. The number of amides is 1. The van der Waals surface area contributed by atoms with Crippen molar-refractivity contribution in [3.8, 4) is 0 Å². The van der Waals surface area contributed by atoms with Crippen LogP contribution in [0.4, 0.5) is 5.82 Å². The average molecular weight is 284 g/mol. The van der Waals surface area contributed by atoms with E-state index in [9.17, 15) is 4.79 Å². The van der Waals surface area contributed by atoms with E-state index in [2.05, 4.69) is 17.2 Å². The first-order chi connectivity index (χ1) is 9.15. The Balaban J connectivity index is 2.38. The number of halogens is 1. The second kappa shape index (κ2) is 8.88. The Morgan fingerprint density at radius 2 is 2.26 bits per heavy atom. The highest BCUT2D eigenvalue weighted by Gasteiger charge is 2.10. The predicted octanol–water partition coefficient (Wildman–Crippen LogP) is 3.22. The third kappa shape index (κ3) is 6.55. The van der Waals surface area contributed by atoms with Crippen LogP contribution >= 0.6 is 11.6 Å². The molecule has 19 heavy (non-hydrogen) atoms. The van der Waals surface area contributed by atoms with Gasteiger partial charge in [-0.2, -0.15) is 0 Å². The van der Waals surface area contributed by atoms with Gasteiger partial charge in [0.05, 0.1) is 0 Å². The van der Waals surface area contributed by atoms with Gasteiger partial charge in [-0.3, -0.25) is 4.79 Å². The van der Waals surface area contributed by atoms with Gasteiger partial charge >= 0.3 is 0 Å². The van der Waals surface area contributed by atoms with E-state index in [0.29, 0.717) is 29.7 Å². The second-order valence-electron chi connectivity index (χ2n) is 4.68. The molecule has 3 N–H and O–H groups in total. The monoisotopic (exact) mass is 283 g/mol. The molecule has 1 aromatic rings. The second-order valence-corrected chi connectivity index (χ2v) is 5.11. The molecule has 106 valence electrons. The quantitative estimate of drug-likeness (QED) is 0.770. The summed E-state index contributed by atoms with van der Waals surface area (Å²) in [5.41, 5.74) is 5.58. The first-order valence-corrected chi connectivity index (χ1v) is 7.15. The number of hydrogen-bond donors (Lipinski definition) is 2. The number of carbonyl (C=O) groups excluding carboxylic acids is 1. The van der Waals surface area contributed by atoms with Gasteiger partial charge < -0.3 is 11.1 Å². The predicted molar refractivity (Wildman–Crippen MR) is 79.2 cm³/mol. The van der Waals surface area contributed by atoms with Crippen molar-refractivity contribution in [1.82, 2.24) is 4.98 Å². The van der Waals surface area contributed by atoms with Crippen LogP contribution in [0.25, 0.3) is 0 Å². The Kier molecular flexibility index (Phi) is 7.45. The van der Waals surface area contributed by atoms with Crippen molar-refractivity contribution in [1.29, 1.82) is 0 Å². The molecule has 0 radical (unpaired) electrons. The Labute approximate surface area is 119 Å². The molecular formula is C14H22ClN3O. The summed E-state index contributed by atoms with van der Waals surface area (Å²) in [5, 5.41) is 3.32. The summed E-state index contributed by atoms with van der Waals surface area (Å²) >= 11 is 5.83. The fourth-order valence-corrected chi connectivity index (χ4v) is 2.25. The number of pyridine rings is 1. The third-order valence-corrected chi connectivity index (χ3v) is 3.28. The number of aromatic nitrogens is 1. The molecule has 0 fully saturated rings. The lowest BCUT2D eigenvalue weighted by molar-refractivity contribution is -0.116. The number of nitrogens with zero attached hydrogens (tertiary/aromatic N) is 1. The van der Waals surface area contributed by atoms with Crippen LogP contribution in [0.3, 0.4) is 0 Å². The van der Waals surface area contributed by atoms with Gasteiger partial charge in [-0.1, -0.05) is 31.4 Å². The summed E-state index contributed by atoms with van der Waals surface area (Å²) in [4.78, 5) is 15.9. The van der Waals surface area contributed by atoms with Gasteiger partial charge in [0, 0.05) is 17.6 Å². The highest BCUT2D eigenvalue weighted by Crippen LogP contribution is 2.18. The van der Waals surface area contributed by atoms with E-state index < -0.39 is 0 Å². The molecule has 0 bridgehead atoms. The Morgan fingerprint density at radius 1 is 1.47 bits per heavy atom. The van der Waals surface area contributed by atoms with Gasteiger partial charge in [-0.05, 0) is 37.4 Å². The van der Waals surface area contributed by atoms with Crippen LogP contribution in [0, 0.1) is 5.92 Å². The lowest BCUT2D eigenvalue weighted by atomic mass is 9.94. The minimum atomic E-state index is -0.0205. The zero-order valence-electron chi connectivity index (χ0n) is 11.4. The van der Waals surface area contributed by atoms with Crippen molar-refractivity contribution in [3.63, 3.8) is 0 Å². The van der Waals surface area contributed by atoms with Gasteiger partial charge in [0.15, 0.2) is 0 Å². The van der Waals surface area contributed by atoms with E-state index in [0.717, 1.165) is 25.7 Å². The van der Waals surface area contributed by atoms with Crippen molar-refractivity contribution >= 4 is 23.3 Å². The molecule has 1 amide bonds. The van der Waals surface area contributed by atoms with Gasteiger partial charge in [-0.25, -0.2) is 4.98 Å². The molecule has 4 nitrogen and oxygen atoms in total.